The second kappa shape index (κ2) is 5.35. The average Bonchev–Trinajstić information content (AvgIpc) is 2.64. The van der Waals surface area contributed by atoms with Gasteiger partial charge in [0.15, 0.2) is 9.84 Å². The average molecular weight is 260 g/mol. The predicted molar refractivity (Wildman–Crippen MR) is 62.6 cm³/mol. The highest BCUT2D eigenvalue weighted by Crippen LogP contribution is 2.16. The van der Waals surface area contributed by atoms with Gasteiger partial charge in [0.1, 0.15) is 17.1 Å². The van der Waals surface area contributed by atoms with E-state index in [-0.39, 0.29) is 28.7 Å². The number of rotatable bonds is 6. The fourth-order valence-corrected chi connectivity index (χ4v) is 3.30. The molecule has 1 N–H and O–H groups in total. The predicted octanol–water partition coefficient (Wildman–Crippen LogP) is 1.94. The summed E-state index contributed by atoms with van der Waals surface area (Å²) in [7, 11) is -3.33. The Balaban J connectivity index is 2.83. The zero-order valence-corrected chi connectivity index (χ0v) is 10.7. The van der Waals surface area contributed by atoms with Gasteiger partial charge in [-0.2, -0.15) is 0 Å². The zero-order valence-electron chi connectivity index (χ0n) is 9.84. The molecule has 5 nitrogen and oxygen atoms in total. The van der Waals surface area contributed by atoms with E-state index in [1.54, 1.807) is 0 Å². The molecule has 0 fully saturated rings. The van der Waals surface area contributed by atoms with Crippen molar-refractivity contribution in [2.75, 3.05) is 5.75 Å². The molecule has 1 unspecified atom stereocenters. The van der Waals surface area contributed by atoms with Gasteiger partial charge in [0.2, 0.25) is 0 Å². The topological polar surface area (TPSA) is 84.6 Å². The maximum atomic E-state index is 11.8. The van der Waals surface area contributed by atoms with Gasteiger partial charge in [-0.1, -0.05) is 20.3 Å². The smallest absolute Gasteiger partial charge is 0.339 e. The summed E-state index contributed by atoms with van der Waals surface area (Å²) in [5.74, 6) is -1.42. The molecule has 0 aliphatic heterocycles. The summed E-state index contributed by atoms with van der Waals surface area (Å²) in [6, 6.07) is 1.26. The zero-order chi connectivity index (χ0) is 13.1. The van der Waals surface area contributed by atoms with Crippen LogP contribution < -0.4 is 0 Å². The van der Waals surface area contributed by atoms with Gasteiger partial charge in [-0.15, -0.1) is 0 Å². The molecule has 1 aromatic heterocycles. The van der Waals surface area contributed by atoms with Crippen molar-refractivity contribution < 1.29 is 22.7 Å². The van der Waals surface area contributed by atoms with Crippen LogP contribution in [0.15, 0.2) is 16.7 Å². The molecule has 1 atom stereocenters. The molecule has 96 valence electrons. The first-order valence-corrected chi connectivity index (χ1v) is 7.18. The third kappa shape index (κ3) is 3.89. The van der Waals surface area contributed by atoms with Crippen LogP contribution in [0.5, 0.6) is 0 Å². The highest BCUT2D eigenvalue weighted by Gasteiger charge is 2.22. The number of hydrogen-bond donors (Lipinski definition) is 1. The molecular weight excluding hydrogens is 244 g/mol. The summed E-state index contributed by atoms with van der Waals surface area (Å²) in [5.41, 5.74) is -0.0854. The maximum Gasteiger partial charge on any atom is 0.339 e. The molecule has 0 spiro atoms. The lowest BCUT2D eigenvalue weighted by molar-refractivity contribution is 0.0695. The molecule has 0 saturated heterocycles. The summed E-state index contributed by atoms with van der Waals surface area (Å²) in [4.78, 5) is 10.8. The Hall–Kier alpha value is -1.30. The van der Waals surface area contributed by atoms with Gasteiger partial charge in [0, 0.05) is 0 Å². The van der Waals surface area contributed by atoms with Gasteiger partial charge in [-0.25, -0.2) is 13.2 Å². The molecule has 0 aliphatic carbocycles. The van der Waals surface area contributed by atoms with E-state index in [1.165, 1.54) is 12.3 Å². The first kappa shape index (κ1) is 13.8. The van der Waals surface area contributed by atoms with Gasteiger partial charge >= 0.3 is 5.97 Å². The van der Waals surface area contributed by atoms with E-state index in [0.29, 0.717) is 0 Å². The Morgan fingerprint density at radius 2 is 2.18 bits per heavy atom. The van der Waals surface area contributed by atoms with Gasteiger partial charge in [-0.05, 0) is 12.0 Å². The van der Waals surface area contributed by atoms with Crippen LogP contribution >= 0.6 is 0 Å². The van der Waals surface area contributed by atoms with Crippen LogP contribution in [-0.2, 0) is 15.6 Å². The second-order valence-corrected chi connectivity index (χ2v) is 6.24. The third-order valence-corrected chi connectivity index (χ3v) is 4.34. The lowest BCUT2D eigenvalue weighted by Crippen LogP contribution is -2.16. The highest BCUT2D eigenvalue weighted by molar-refractivity contribution is 7.90. The summed E-state index contributed by atoms with van der Waals surface area (Å²) in [5, 5.41) is 8.82. The quantitative estimate of drug-likeness (QED) is 0.844. The summed E-state index contributed by atoms with van der Waals surface area (Å²) < 4.78 is 28.5. The number of carbonyl (C=O) groups is 1. The van der Waals surface area contributed by atoms with E-state index in [2.05, 4.69) is 0 Å². The molecule has 17 heavy (non-hydrogen) atoms. The minimum atomic E-state index is -3.33. The van der Waals surface area contributed by atoms with Crippen LogP contribution in [0, 0.1) is 5.92 Å². The Morgan fingerprint density at radius 1 is 1.53 bits per heavy atom. The van der Waals surface area contributed by atoms with Crippen LogP contribution in [0.1, 0.15) is 36.4 Å². The third-order valence-electron chi connectivity index (χ3n) is 2.56. The SMILES string of the molecule is CCC(C)CS(=O)(=O)Cc1occc1C(=O)O. The van der Waals surface area contributed by atoms with Crippen molar-refractivity contribution in [2.45, 2.75) is 26.0 Å². The molecule has 0 saturated carbocycles. The van der Waals surface area contributed by atoms with Crippen LogP contribution in [-0.4, -0.2) is 25.2 Å². The summed E-state index contributed by atoms with van der Waals surface area (Å²) in [6.07, 6.45) is 1.96. The van der Waals surface area contributed by atoms with Crippen molar-refractivity contribution in [3.8, 4) is 0 Å². The highest BCUT2D eigenvalue weighted by atomic mass is 32.2. The normalized spacial score (nSPS) is 13.5. The number of carboxylic acid groups (broad SMARTS) is 1. The Kier molecular flexibility index (Phi) is 4.34. The van der Waals surface area contributed by atoms with Crippen molar-refractivity contribution in [3.63, 3.8) is 0 Å². The fourth-order valence-electron chi connectivity index (χ4n) is 1.45. The van der Waals surface area contributed by atoms with Crippen LogP contribution in [0.4, 0.5) is 0 Å². The van der Waals surface area contributed by atoms with Gasteiger partial charge < -0.3 is 9.52 Å². The van der Waals surface area contributed by atoms with Crippen molar-refractivity contribution >= 4 is 15.8 Å². The Labute approximate surface area is 100 Å². The van der Waals surface area contributed by atoms with Gasteiger partial charge in [-0.3, -0.25) is 0 Å². The van der Waals surface area contributed by atoms with E-state index in [4.69, 9.17) is 9.52 Å². The lowest BCUT2D eigenvalue weighted by atomic mass is 10.2. The van der Waals surface area contributed by atoms with Crippen molar-refractivity contribution in [2.24, 2.45) is 5.92 Å². The molecule has 0 aromatic carbocycles. The van der Waals surface area contributed by atoms with Crippen molar-refractivity contribution in [3.05, 3.63) is 23.7 Å². The first-order valence-electron chi connectivity index (χ1n) is 5.35. The maximum absolute atomic E-state index is 11.8. The van der Waals surface area contributed by atoms with E-state index in [0.717, 1.165) is 6.42 Å². The molecule has 0 radical (unpaired) electrons. The summed E-state index contributed by atoms with van der Waals surface area (Å²) in [6.45, 7) is 3.76. The Bertz CT molecular complexity index is 486. The fraction of sp³-hybridized carbons (Fsp3) is 0.545. The van der Waals surface area contributed by atoms with E-state index >= 15 is 0 Å². The van der Waals surface area contributed by atoms with Crippen molar-refractivity contribution in [1.29, 1.82) is 0 Å². The van der Waals surface area contributed by atoms with Gasteiger partial charge in [0.25, 0.3) is 0 Å². The largest absolute Gasteiger partial charge is 0.478 e. The standard InChI is InChI=1S/C11H16O5S/c1-3-8(2)6-17(14,15)7-10-9(11(12)13)4-5-16-10/h4-5,8H,3,6-7H2,1-2H3,(H,12,13). The number of carboxylic acids is 1. The lowest BCUT2D eigenvalue weighted by Gasteiger charge is -2.08. The van der Waals surface area contributed by atoms with E-state index < -0.39 is 15.8 Å². The second-order valence-electron chi connectivity index (χ2n) is 4.13. The molecule has 1 rings (SSSR count). The molecule has 0 amide bonds. The molecule has 0 bridgehead atoms. The van der Waals surface area contributed by atoms with Crippen LogP contribution in [0.2, 0.25) is 0 Å². The number of sulfone groups is 1. The van der Waals surface area contributed by atoms with Crippen molar-refractivity contribution in [1.82, 2.24) is 0 Å². The first-order chi connectivity index (χ1) is 7.85. The summed E-state index contributed by atoms with van der Waals surface area (Å²) >= 11 is 0. The molecular formula is C11H16O5S. The molecule has 1 heterocycles. The number of hydrogen-bond acceptors (Lipinski definition) is 4. The number of furan rings is 1. The molecule has 1 aromatic rings. The monoisotopic (exact) mass is 260 g/mol. The minimum Gasteiger partial charge on any atom is -0.478 e. The van der Waals surface area contributed by atoms with E-state index in [9.17, 15) is 13.2 Å². The van der Waals surface area contributed by atoms with E-state index in [1.807, 2.05) is 13.8 Å². The molecule has 6 heteroatoms. The Morgan fingerprint density at radius 3 is 2.71 bits per heavy atom. The minimum absolute atomic E-state index is 0.000744. The molecule has 0 aliphatic rings. The van der Waals surface area contributed by atoms with Gasteiger partial charge in [0.05, 0.1) is 12.0 Å². The van der Waals surface area contributed by atoms with Crippen LogP contribution in [0.25, 0.3) is 0 Å². The van der Waals surface area contributed by atoms with Crippen LogP contribution in [0.3, 0.4) is 0 Å². The number of aromatic carboxylic acids is 1.